The standard InChI is InChI=1S/C17H17BrFNO/c1-10-7-8-11(2)14(9-10)12(3)20-17(21)13-5-4-6-15(18)16(13)19/h4-9,12H,1-3H3,(H,20,21). The summed E-state index contributed by atoms with van der Waals surface area (Å²) >= 11 is 3.09. The maximum absolute atomic E-state index is 13.9. The van der Waals surface area contributed by atoms with Crippen molar-refractivity contribution < 1.29 is 9.18 Å². The molecular formula is C17H17BrFNO. The van der Waals surface area contributed by atoms with Crippen LogP contribution in [0, 0.1) is 19.7 Å². The molecule has 1 N–H and O–H groups in total. The normalized spacial score (nSPS) is 12.0. The number of rotatable bonds is 3. The van der Waals surface area contributed by atoms with Gasteiger partial charge in [-0.15, -0.1) is 0 Å². The fraction of sp³-hybridized carbons (Fsp3) is 0.235. The zero-order valence-corrected chi connectivity index (χ0v) is 13.8. The Morgan fingerprint density at radius 3 is 2.67 bits per heavy atom. The Kier molecular flexibility index (Phi) is 4.78. The Bertz CT molecular complexity index is 684. The van der Waals surface area contributed by atoms with Gasteiger partial charge >= 0.3 is 0 Å². The van der Waals surface area contributed by atoms with Gasteiger partial charge < -0.3 is 5.32 Å². The van der Waals surface area contributed by atoms with E-state index in [9.17, 15) is 9.18 Å². The summed E-state index contributed by atoms with van der Waals surface area (Å²) < 4.78 is 14.2. The third kappa shape index (κ3) is 3.50. The van der Waals surface area contributed by atoms with Crippen LogP contribution >= 0.6 is 15.9 Å². The molecule has 0 aliphatic heterocycles. The first-order valence-corrected chi connectivity index (χ1v) is 7.51. The lowest BCUT2D eigenvalue weighted by atomic mass is 9.99. The fourth-order valence-corrected chi connectivity index (χ4v) is 2.62. The predicted molar refractivity (Wildman–Crippen MR) is 85.9 cm³/mol. The molecule has 0 spiro atoms. The van der Waals surface area contributed by atoms with Crippen LogP contribution < -0.4 is 5.32 Å². The number of amides is 1. The molecule has 1 amide bonds. The van der Waals surface area contributed by atoms with E-state index < -0.39 is 11.7 Å². The van der Waals surface area contributed by atoms with Crippen molar-refractivity contribution >= 4 is 21.8 Å². The van der Waals surface area contributed by atoms with E-state index in [1.165, 1.54) is 6.07 Å². The lowest BCUT2D eigenvalue weighted by Crippen LogP contribution is -2.28. The third-order valence-corrected chi connectivity index (χ3v) is 4.06. The van der Waals surface area contributed by atoms with Gasteiger partial charge in [0.15, 0.2) is 0 Å². The summed E-state index contributed by atoms with van der Waals surface area (Å²) in [4.78, 5) is 12.2. The van der Waals surface area contributed by atoms with Crippen LogP contribution in [0.3, 0.4) is 0 Å². The SMILES string of the molecule is Cc1ccc(C)c(C(C)NC(=O)c2cccc(Br)c2F)c1. The van der Waals surface area contributed by atoms with Crippen LogP contribution in [0.4, 0.5) is 4.39 Å². The molecule has 0 heterocycles. The van der Waals surface area contributed by atoms with E-state index in [0.717, 1.165) is 16.7 Å². The summed E-state index contributed by atoms with van der Waals surface area (Å²) in [6.07, 6.45) is 0. The van der Waals surface area contributed by atoms with Crippen molar-refractivity contribution in [2.75, 3.05) is 0 Å². The minimum Gasteiger partial charge on any atom is -0.345 e. The first-order valence-electron chi connectivity index (χ1n) is 6.72. The van der Waals surface area contributed by atoms with Crippen molar-refractivity contribution in [3.05, 3.63) is 68.9 Å². The number of aryl methyl sites for hydroxylation is 2. The van der Waals surface area contributed by atoms with Crippen LogP contribution in [-0.2, 0) is 0 Å². The second-order valence-electron chi connectivity index (χ2n) is 5.16. The summed E-state index contributed by atoms with van der Waals surface area (Å²) in [7, 11) is 0. The summed E-state index contributed by atoms with van der Waals surface area (Å²) in [5.41, 5.74) is 3.31. The van der Waals surface area contributed by atoms with Crippen LogP contribution in [0.15, 0.2) is 40.9 Å². The molecule has 2 aromatic carbocycles. The van der Waals surface area contributed by atoms with Crippen molar-refractivity contribution in [2.24, 2.45) is 0 Å². The molecule has 110 valence electrons. The molecule has 0 saturated carbocycles. The highest BCUT2D eigenvalue weighted by Gasteiger charge is 2.17. The van der Waals surface area contributed by atoms with Gasteiger partial charge in [0.05, 0.1) is 16.1 Å². The van der Waals surface area contributed by atoms with E-state index in [0.29, 0.717) is 0 Å². The maximum Gasteiger partial charge on any atom is 0.254 e. The molecular weight excluding hydrogens is 333 g/mol. The van der Waals surface area contributed by atoms with Gasteiger partial charge in [0.25, 0.3) is 5.91 Å². The summed E-state index contributed by atoms with van der Waals surface area (Å²) in [5, 5.41) is 2.85. The molecule has 4 heteroatoms. The van der Waals surface area contributed by atoms with E-state index in [2.05, 4.69) is 21.2 Å². The van der Waals surface area contributed by atoms with Gasteiger partial charge in [-0.05, 0) is 60.0 Å². The Morgan fingerprint density at radius 1 is 1.24 bits per heavy atom. The van der Waals surface area contributed by atoms with Gasteiger partial charge in [0, 0.05) is 0 Å². The second-order valence-corrected chi connectivity index (χ2v) is 6.01. The van der Waals surface area contributed by atoms with Crippen molar-refractivity contribution in [1.82, 2.24) is 5.32 Å². The zero-order valence-electron chi connectivity index (χ0n) is 12.2. The topological polar surface area (TPSA) is 29.1 Å². The lowest BCUT2D eigenvalue weighted by Gasteiger charge is -2.17. The van der Waals surface area contributed by atoms with Crippen LogP contribution in [-0.4, -0.2) is 5.91 Å². The molecule has 0 aliphatic rings. The quantitative estimate of drug-likeness (QED) is 0.855. The highest BCUT2D eigenvalue weighted by Crippen LogP contribution is 2.22. The van der Waals surface area contributed by atoms with Crippen molar-refractivity contribution in [3.63, 3.8) is 0 Å². The number of halogens is 2. The minimum atomic E-state index is -0.539. The average molecular weight is 350 g/mol. The lowest BCUT2D eigenvalue weighted by molar-refractivity contribution is 0.0935. The highest BCUT2D eigenvalue weighted by molar-refractivity contribution is 9.10. The minimum absolute atomic E-state index is 0.0431. The molecule has 0 bridgehead atoms. The Morgan fingerprint density at radius 2 is 1.95 bits per heavy atom. The van der Waals surface area contributed by atoms with E-state index in [1.807, 2.05) is 39.0 Å². The molecule has 2 nitrogen and oxygen atoms in total. The van der Waals surface area contributed by atoms with Crippen LogP contribution in [0.1, 0.15) is 40.0 Å². The largest absolute Gasteiger partial charge is 0.345 e. The van der Waals surface area contributed by atoms with Crippen LogP contribution in [0.2, 0.25) is 0 Å². The molecule has 1 unspecified atom stereocenters. The Labute approximate surface area is 132 Å². The molecule has 1 atom stereocenters. The average Bonchev–Trinajstić information content (AvgIpc) is 2.44. The van der Waals surface area contributed by atoms with Crippen molar-refractivity contribution in [2.45, 2.75) is 26.8 Å². The van der Waals surface area contributed by atoms with Gasteiger partial charge in [-0.1, -0.05) is 29.8 Å². The van der Waals surface area contributed by atoms with Gasteiger partial charge in [0.2, 0.25) is 0 Å². The number of nitrogens with one attached hydrogen (secondary N) is 1. The summed E-state index contributed by atoms with van der Waals surface area (Å²) in [5.74, 6) is -0.953. The smallest absolute Gasteiger partial charge is 0.254 e. The van der Waals surface area contributed by atoms with E-state index in [1.54, 1.807) is 12.1 Å². The molecule has 0 saturated heterocycles. The molecule has 0 aliphatic carbocycles. The van der Waals surface area contributed by atoms with Gasteiger partial charge in [-0.2, -0.15) is 0 Å². The number of carbonyl (C=O) groups excluding carboxylic acids is 1. The van der Waals surface area contributed by atoms with Crippen molar-refractivity contribution in [3.8, 4) is 0 Å². The summed E-state index contributed by atoms with van der Waals surface area (Å²) in [6, 6.07) is 10.6. The van der Waals surface area contributed by atoms with E-state index in [-0.39, 0.29) is 16.1 Å². The zero-order chi connectivity index (χ0) is 15.6. The van der Waals surface area contributed by atoms with Crippen LogP contribution in [0.25, 0.3) is 0 Å². The number of hydrogen-bond acceptors (Lipinski definition) is 1. The fourth-order valence-electron chi connectivity index (χ4n) is 2.26. The summed E-state index contributed by atoms with van der Waals surface area (Å²) in [6.45, 7) is 5.90. The maximum atomic E-state index is 13.9. The molecule has 2 aromatic rings. The predicted octanol–water partition coefficient (Wildman–Crippen LogP) is 4.70. The van der Waals surface area contributed by atoms with E-state index in [4.69, 9.17) is 0 Å². The van der Waals surface area contributed by atoms with Gasteiger partial charge in [-0.25, -0.2) is 4.39 Å². The van der Waals surface area contributed by atoms with E-state index >= 15 is 0 Å². The van der Waals surface area contributed by atoms with Crippen LogP contribution in [0.5, 0.6) is 0 Å². The number of hydrogen-bond donors (Lipinski definition) is 1. The molecule has 0 aromatic heterocycles. The highest BCUT2D eigenvalue weighted by atomic mass is 79.9. The third-order valence-electron chi connectivity index (χ3n) is 3.45. The first-order chi connectivity index (χ1) is 9.90. The Hall–Kier alpha value is -1.68. The van der Waals surface area contributed by atoms with Gasteiger partial charge in [-0.3, -0.25) is 4.79 Å². The van der Waals surface area contributed by atoms with Gasteiger partial charge in [0.1, 0.15) is 5.82 Å². The number of carbonyl (C=O) groups is 1. The molecule has 0 fully saturated rings. The number of benzene rings is 2. The molecule has 21 heavy (non-hydrogen) atoms. The van der Waals surface area contributed by atoms with Crippen molar-refractivity contribution in [1.29, 1.82) is 0 Å². The Balaban J connectivity index is 2.23. The molecule has 2 rings (SSSR count). The molecule has 0 radical (unpaired) electrons. The first kappa shape index (κ1) is 15.7. The monoisotopic (exact) mass is 349 g/mol. The second kappa shape index (κ2) is 6.39.